The first-order chi connectivity index (χ1) is 10.2. The van der Waals surface area contributed by atoms with Gasteiger partial charge in [0.1, 0.15) is 11.3 Å². The van der Waals surface area contributed by atoms with Gasteiger partial charge in [-0.1, -0.05) is 41.1 Å². The lowest BCUT2D eigenvalue weighted by Crippen LogP contribution is -2.22. The first kappa shape index (κ1) is 15.1. The van der Waals surface area contributed by atoms with E-state index in [1.54, 1.807) is 0 Å². The van der Waals surface area contributed by atoms with Gasteiger partial charge in [0.15, 0.2) is 0 Å². The average molecular weight is 456 g/mol. The zero-order valence-electron chi connectivity index (χ0n) is 11.6. The van der Waals surface area contributed by atoms with Gasteiger partial charge in [-0.25, -0.2) is 0 Å². The van der Waals surface area contributed by atoms with E-state index in [-0.39, 0.29) is 6.04 Å². The maximum atomic E-state index is 6.05. The van der Waals surface area contributed by atoms with Crippen LogP contribution in [0.4, 0.5) is 0 Å². The molecule has 3 aromatic rings. The third kappa shape index (κ3) is 3.17. The van der Waals surface area contributed by atoms with Crippen LogP contribution in [0.2, 0.25) is 0 Å². The van der Waals surface area contributed by atoms with Crippen LogP contribution in [0.3, 0.4) is 0 Å². The highest BCUT2D eigenvalue weighted by Gasteiger charge is 2.20. The van der Waals surface area contributed by atoms with Crippen molar-refractivity contribution in [2.24, 2.45) is 0 Å². The molecule has 0 aliphatic heterocycles. The summed E-state index contributed by atoms with van der Waals surface area (Å²) in [5.74, 6) is 0.953. The van der Waals surface area contributed by atoms with Crippen molar-refractivity contribution >= 4 is 49.5 Å². The molecule has 21 heavy (non-hydrogen) atoms. The molecule has 0 bridgehead atoms. The molecule has 2 aromatic carbocycles. The summed E-state index contributed by atoms with van der Waals surface area (Å²) in [5, 5.41) is 4.66. The minimum absolute atomic E-state index is 0.0619. The lowest BCUT2D eigenvalue weighted by molar-refractivity contribution is 0.476. The minimum atomic E-state index is 0.0619. The van der Waals surface area contributed by atoms with E-state index in [4.69, 9.17) is 4.42 Å². The fourth-order valence-electron chi connectivity index (χ4n) is 2.45. The van der Waals surface area contributed by atoms with Crippen LogP contribution in [0.15, 0.2) is 57.4 Å². The van der Waals surface area contributed by atoms with Crippen molar-refractivity contribution in [3.05, 3.63) is 67.9 Å². The van der Waals surface area contributed by atoms with Crippen LogP contribution >= 0.6 is 38.5 Å². The fourth-order valence-corrected chi connectivity index (χ4v) is 3.47. The van der Waals surface area contributed by atoms with Gasteiger partial charge in [-0.05, 0) is 65.0 Å². The molecule has 0 saturated carbocycles. The summed E-state index contributed by atoms with van der Waals surface area (Å²) in [6, 6.07) is 16.6. The monoisotopic (exact) mass is 455 g/mol. The zero-order valence-corrected chi connectivity index (χ0v) is 15.3. The van der Waals surface area contributed by atoms with Gasteiger partial charge in [0, 0.05) is 13.4 Å². The van der Waals surface area contributed by atoms with Crippen LogP contribution in [0.1, 0.15) is 24.3 Å². The number of halogens is 2. The predicted octanol–water partition coefficient (Wildman–Crippen LogP) is 5.50. The third-order valence-electron chi connectivity index (χ3n) is 3.41. The maximum absolute atomic E-state index is 6.05. The van der Waals surface area contributed by atoms with Crippen LogP contribution in [0.25, 0.3) is 11.0 Å². The molecule has 3 rings (SSSR count). The van der Waals surface area contributed by atoms with E-state index in [1.807, 2.05) is 18.2 Å². The third-order valence-corrected chi connectivity index (χ3v) is 4.88. The van der Waals surface area contributed by atoms with Gasteiger partial charge in [0.05, 0.1) is 6.04 Å². The lowest BCUT2D eigenvalue weighted by Gasteiger charge is -2.18. The SMILES string of the molecule is CCNC(c1cc2ccccc2o1)c1cc(Br)ccc1I. The first-order valence-corrected chi connectivity index (χ1v) is 8.73. The normalized spacial score (nSPS) is 12.7. The summed E-state index contributed by atoms with van der Waals surface area (Å²) in [6.07, 6.45) is 0. The molecule has 0 fully saturated rings. The number of nitrogens with one attached hydrogen (secondary N) is 1. The first-order valence-electron chi connectivity index (χ1n) is 6.86. The van der Waals surface area contributed by atoms with Crippen LogP contribution in [-0.4, -0.2) is 6.54 Å². The second-order valence-electron chi connectivity index (χ2n) is 4.84. The summed E-state index contributed by atoms with van der Waals surface area (Å²) in [4.78, 5) is 0. The van der Waals surface area contributed by atoms with Crippen molar-refractivity contribution in [3.63, 3.8) is 0 Å². The molecule has 2 nitrogen and oxygen atoms in total. The van der Waals surface area contributed by atoms with Gasteiger partial charge >= 0.3 is 0 Å². The Morgan fingerprint density at radius 1 is 1.19 bits per heavy atom. The Hall–Kier alpha value is -0.850. The molecule has 0 saturated heterocycles. The summed E-state index contributed by atoms with van der Waals surface area (Å²) < 4.78 is 8.36. The summed E-state index contributed by atoms with van der Waals surface area (Å²) in [5.41, 5.74) is 2.16. The van der Waals surface area contributed by atoms with Crippen molar-refractivity contribution in [3.8, 4) is 0 Å². The molecule has 0 aliphatic carbocycles. The van der Waals surface area contributed by atoms with Crippen molar-refractivity contribution in [2.75, 3.05) is 6.54 Å². The highest BCUT2D eigenvalue weighted by molar-refractivity contribution is 14.1. The molecule has 0 amide bonds. The van der Waals surface area contributed by atoms with Gasteiger partial charge in [0.2, 0.25) is 0 Å². The van der Waals surface area contributed by atoms with E-state index in [0.29, 0.717) is 0 Å². The molecule has 1 aromatic heterocycles. The van der Waals surface area contributed by atoms with Crippen LogP contribution in [-0.2, 0) is 0 Å². The number of para-hydroxylation sites is 1. The molecule has 4 heteroatoms. The Bertz CT molecular complexity index is 735. The summed E-state index contributed by atoms with van der Waals surface area (Å²) in [6.45, 7) is 2.99. The van der Waals surface area contributed by atoms with Gasteiger partial charge in [-0.3, -0.25) is 0 Å². The van der Waals surface area contributed by atoms with Gasteiger partial charge in [0.25, 0.3) is 0 Å². The number of fused-ring (bicyclic) bond motifs is 1. The molecule has 1 atom stereocenters. The fraction of sp³-hybridized carbons (Fsp3) is 0.176. The second kappa shape index (κ2) is 6.50. The Kier molecular flexibility index (Phi) is 4.66. The predicted molar refractivity (Wildman–Crippen MR) is 98.6 cm³/mol. The maximum Gasteiger partial charge on any atom is 0.134 e. The molecule has 0 radical (unpaired) electrons. The van der Waals surface area contributed by atoms with Gasteiger partial charge < -0.3 is 9.73 Å². The van der Waals surface area contributed by atoms with E-state index < -0.39 is 0 Å². The Balaban J connectivity index is 2.10. The standard InChI is InChI=1S/C17H15BrINO/c1-2-20-17(13-10-12(18)7-8-14(13)19)16-9-11-5-3-4-6-15(11)21-16/h3-10,17,20H,2H2,1H3. The summed E-state index contributed by atoms with van der Waals surface area (Å²) >= 11 is 5.94. The Labute approximate surface area is 146 Å². The van der Waals surface area contributed by atoms with Crippen LogP contribution in [0.5, 0.6) is 0 Å². The summed E-state index contributed by atoms with van der Waals surface area (Å²) in [7, 11) is 0. The number of hydrogen-bond acceptors (Lipinski definition) is 2. The number of benzene rings is 2. The quantitative estimate of drug-likeness (QED) is 0.525. The molecular formula is C17H15BrINO. The highest BCUT2D eigenvalue weighted by Crippen LogP contribution is 2.32. The lowest BCUT2D eigenvalue weighted by atomic mass is 10.0. The molecule has 1 N–H and O–H groups in total. The topological polar surface area (TPSA) is 25.2 Å². The van der Waals surface area contributed by atoms with E-state index >= 15 is 0 Å². The molecular weight excluding hydrogens is 441 g/mol. The minimum Gasteiger partial charge on any atom is -0.459 e. The van der Waals surface area contributed by atoms with E-state index in [9.17, 15) is 0 Å². The number of rotatable bonds is 4. The Morgan fingerprint density at radius 2 is 2.00 bits per heavy atom. The molecule has 108 valence electrons. The zero-order chi connectivity index (χ0) is 14.8. The Morgan fingerprint density at radius 3 is 2.76 bits per heavy atom. The van der Waals surface area contributed by atoms with E-state index in [2.05, 4.69) is 81.1 Å². The van der Waals surface area contributed by atoms with Gasteiger partial charge in [-0.15, -0.1) is 0 Å². The van der Waals surface area contributed by atoms with Crippen molar-refractivity contribution in [1.29, 1.82) is 0 Å². The smallest absolute Gasteiger partial charge is 0.134 e. The van der Waals surface area contributed by atoms with Crippen molar-refractivity contribution in [1.82, 2.24) is 5.32 Å². The average Bonchev–Trinajstić information content (AvgIpc) is 2.91. The molecule has 1 unspecified atom stereocenters. The van der Waals surface area contributed by atoms with Crippen LogP contribution in [0, 0.1) is 3.57 Å². The van der Waals surface area contributed by atoms with Crippen molar-refractivity contribution in [2.45, 2.75) is 13.0 Å². The number of furan rings is 1. The van der Waals surface area contributed by atoms with E-state index in [0.717, 1.165) is 27.7 Å². The molecule has 0 aliphatic rings. The number of hydrogen-bond donors (Lipinski definition) is 1. The highest BCUT2D eigenvalue weighted by atomic mass is 127. The molecule has 1 heterocycles. The molecule has 0 spiro atoms. The van der Waals surface area contributed by atoms with E-state index in [1.165, 1.54) is 9.13 Å². The van der Waals surface area contributed by atoms with Crippen LogP contribution < -0.4 is 5.32 Å². The van der Waals surface area contributed by atoms with Gasteiger partial charge in [-0.2, -0.15) is 0 Å². The van der Waals surface area contributed by atoms with Crippen molar-refractivity contribution < 1.29 is 4.42 Å². The largest absolute Gasteiger partial charge is 0.459 e. The second-order valence-corrected chi connectivity index (χ2v) is 6.92.